The summed E-state index contributed by atoms with van der Waals surface area (Å²) in [6.07, 6.45) is -0.178. The smallest absolute Gasteiger partial charge is 0.344 e. The van der Waals surface area contributed by atoms with Crippen molar-refractivity contribution in [3.63, 3.8) is 0 Å². The van der Waals surface area contributed by atoms with E-state index >= 15 is 0 Å². The minimum Gasteiger partial charge on any atom is -0.483 e. The van der Waals surface area contributed by atoms with Crippen molar-refractivity contribution in [1.82, 2.24) is 0 Å². The standard InChI is InChI=1S/C23H28N2O5/c1-15(22(27)24-17-9-11-18(12-10-17)25(4)5)29-20(26)14-28-19-8-6-7-16-13-23(2,3)30-21(16)19/h6-12,15H,13-14H2,1-5H3,(H,24,27). The molecule has 1 aliphatic rings. The van der Waals surface area contributed by atoms with E-state index in [4.69, 9.17) is 14.2 Å². The largest absolute Gasteiger partial charge is 0.483 e. The van der Waals surface area contributed by atoms with Gasteiger partial charge in [0.15, 0.2) is 24.2 Å². The van der Waals surface area contributed by atoms with Gasteiger partial charge in [-0.3, -0.25) is 4.79 Å². The first-order valence-electron chi connectivity index (χ1n) is 9.86. The van der Waals surface area contributed by atoms with Gasteiger partial charge in [-0.2, -0.15) is 0 Å². The van der Waals surface area contributed by atoms with Gasteiger partial charge in [-0.05, 0) is 51.1 Å². The highest BCUT2D eigenvalue weighted by atomic mass is 16.6. The molecule has 0 radical (unpaired) electrons. The number of esters is 1. The number of rotatable bonds is 7. The molecule has 0 saturated carbocycles. The average Bonchev–Trinajstić information content (AvgIpc) is 3.01. The van der Waals surface area contributed by atoms with Crippen molar-refractivity contribution in [2.45, 2.75) is 38.9 Å². The molecule has 1 N–H and O–H groups in total. The highest BCUT2D eigenvalue weighted by molar-refractivity contribution is 5.95. The maximum Gasteiger partial charge on any atom is 0.344 e. The highest BCUT2D eigenvalue weighted by Gasteiger charge is 2.32. The highest BCUT2D eigenvalue weighted by Crippen LogP contribution is 2.41. The first kappa shape index (κ1) is 21.5. The summed E-state index contributed by atoms with van der Waals surface area (Å²) in [6.45, 7) is 5.21. The minimum absolute atomic E-state index is 0.306. The number of hydrogen-bond donors (Lipinski definition) is 1. The number of nitrogens with zero attached hydrogens (tertiary/aromatic N) is 1. The van der Waals surface area contributed by atoms with Crippen LogP contribution in [0, 0.1) is 0 Å². The molecule has 2 aromatic rings. The Morgan fingerprint density at radius 1 is 1.17 bits per heavy atom. The fourth-order valence-electron chi connectivity index (χ4n) is 3.21. The predicted octanol–water partition coefficient (Wildman–Crippen LogP) is 3.42. The fourth-order valence-corrected chi connectivity index (χ4v) is 3.21. The first-order valence-corrected chi connectivity index (χ1v) is 9.86. The van der Waals surface area contributed by atoms with E-state index in [1.165, 1.54) is 6.92 Å². The molecule has 0 spiro atoms. The summed E-state index contributed by atoms with van der Waals surface area (Å²) in [7, 11) is 3.88. The zero-order valence-electron chi connectivity index (χ0n) is 18.0. The summed E-state index contributed by atoms with van der Waals surface area (Å²) in [5, 5.41) is 2.73. The van der Waals surface area contributed by atoms with E-state index in [1.54, 1.807) is 18.2 Å². The van der Waals surface area contributed by atoms with Gasteiger partial charge in [0.25, 0.3) is 5.91 Å². The van der Waals surface area contributed by atoms with E-state index < -0.39 is 18.0 Å². The molecule has 160 valence electrons. The van der Waals surface area contributed by atoms with Gasteiger partial charge >= 0.3 is 5.97 Å². The van der Waals surface area contributed by atoms with Gasteiger partial charge in [-0.25, -0.2) is 4.79 Å². The number of carbonyl (C=O) groups excluding carboxylic acids is 2. The molecule has 2 aromatic carbocycles. The van der Waals surface area contributed by atoms with Crippen LogP contribution in [-0.4, -0.2) is 44.3 Å². The van der Waals surface area contributed by atoms with Crippen LogP contribution in [0.25, 0.3) is 0 Å². The van der Waals surface area contributed by atoms with Crippen LogP contribution < -0.4 is 19.7 Å². The number of para-hydroxylation sites is 1. The second kappa shape index (κ2) is 8.65. The van der Waals surface area contributed by atoms with Crippen molar-refractivity contribution in [3.05, 3.63) is 48.0 Å². The van der Waals surface area contributed by atoms with Crippen LogP contribution in [-0.2, 0) is 20.7 Å². The molecule has 7 nitrogen and oxygen atoms in total. The summed E-state index contributed by atoms with van der Waals surface area (Å²) < 4.78 is 16.7. The monoisotopic (exact) mass is 412 g/mol. The Labute approximate surface area is 176 Å². The van der Waals surface area contributed by atoms with Gasteiger partial charge < -0.3 is 24.4 Å². The van der Waals surface area contributed by atoms with E-state index in [2.05, 4.69) is 5.32 Å². The van der Waals surface area contributed by atoms with Gasteiger partial charge in [0.05, 0.1) is 0 Å². The quantitative estimate of drug-likeness (QED) is 0.703. The lowest BCUT2D eigenvalue weighted by molar-refractivity contribution is -0.155. The second-order valence-corrected chi connectivity index (χ2v) is 8.13. The molecular formula is C23H28N2O5. The Hall–Kier alpha value is -3.22. The first-order chi connectivity index (χ1) is 14.1. The number of fused-ring (bicyclic) bond motifs is 1. The molecule has 3 rings (SSSR count). The maximum atomic E-state index is 12.3. The van der Waals surface area contributed by atoms with Crippen LogP contribution in [0.3, 0.4) is 0 Å². The van der Waals surface area contributed by atoms with Gasteiger partial charge in [-0.1, -0.05) is 12.1 Å². The number of carbonyl (C=O) groups is 2. The number of nitrogens with one attached hydrogen (secondary N) is 1. The van der Waals surface area contributed by atoms with Gasteiger partial charge in [-0.15, -0.1) is 0 Å². The van der Waals surface area contributed by atoms with Crippen LogP contribution in [0.1, 0.15) is 26.3 Å². The lowest BCUT2D eigenvalue weighted by Gasteiger charge is -2.18. The summed E-state index contributed by atoms with van der Waals surface area (Å²) in [6, 6.07) is 13.0. The molecule has 1 unspecified atom stereocenters. The maximum absolute atomic E-state index is 12.3. The lowest BCUT2D eigenvalue weighted by atomic mass is 10.0. The normalized spacial score (nSPS) is 14.8. The van der Waals surface area contributed by atoms with Crippen LogP contribution in [0.4, 0.5) is 11.4 Å². The summed E-state index contributed by atoms with van der Waals surface area (Å²) in [5.41, 5.74) is 2.38. The van der Waals surface area contributed by atoms with Crippen molar-refractivity contribution in [1.29, 1.82) is 0 Å². The van der Waals surface area contributed by atoms with Crippen molar-refractivity contribution in [2.75, 3.05) is 30.9 Å². The van der Waals surface area contributed by atoms with Gasteiger partial charge in [0.1, 0.15) is 5.60 Å². The van der Waals surface area contributed by atoms with E-state index in [-0.39, 0.29) is 12.2 Å². The second-order valence-electron chi connectivity index (χ2n) is 8.13. The minimum atomic E-state index is -0.953. The van der Waals surface area contributed by atoms with Crippen LogP contribution in [0.15, 0.2) is 42.5 Å². The number of hydrogen-bond acceptors (Lipinski definition) is 6. The molecule has 1 heterocycles. The molecule has 0 aromatic heterocycles. The van der Waals surface area contributed by atoms with Crippen molar-refractivity contribution < 1.29 is 23.8 Å². The van der Waals surface area contributed by atoms with Gasteiger partial charge in [0.2, 0.25) is 0 Å². The molecule has 0 saturated heterocycles. The van der Waals surface area contributed by atoms with E-state index in [0.29, 0.717) is 17.2 Å². The molecule has 1 aliphatic heterocycles. The third kappa shape index (κ3) is 5.23. The molecular weight excluding hydrogens is 384 g/mol. The Balaban J connectivity index is 1.50. The van der Waals surface area contributed by atoms with Gasteiger partial charge in [0, 0.05) is 37.5 Å². The number of amides is 1. The number of anilines is 2. The topological polar surface area (TPSA) is 77.1 Å². The molecule has 1 atom stereocenters. The third-order valence-electron chi connectivity index (χ3n) is 4.73. The fraction of sp³-hybridized carbons (Fsp3) is 0.391. The van der Waals surface area contributed by atoms with Crippen molar-refractivity contribution >= 4 is 23.3 Å². The van der Waals surface area contributed by atoms with Crippen LogP contribution >= 0.6 is 0 Å². The van der Waals surface area contributed by atoms with E-state index in [9.17, 15) is 9.59 Å². The predicted molar refractivity (Wildman–Crippen MR) is 115 cm³/mol. The van der Waals surface area contributed by atoms with E-state index in [1.807, 2.05) is 57.1 Å². The van der Waals surface area contributed by atoms with E-state index in [0.717, 1.165) is 17.7 Å². The van der Waals surface area contributed by atoms with Crippen molar-refractivity contribution in [3.8, 4) is 11.5 Å². The number of ether oxygens (including phenoxy) is 3. The lowest BCUT2D eigenvalue weighted by Crippen LogP contribution is -2.31. The molecule has 7 heteroatoms. The SMILES string of the molecule is CC(OC(=O)COc1cccc2c1OC(C)(C)C2)C(=O)Nc1ccc(N(C)C)cc1. The Morgan fingerprint density at radius 3 is 2.53 bits per heavy atom. The molecule has 0 fully saturated rings. The summed E-state index contributed by atoms with van der Waals surface area (Å²) in [4.78, 5) is 26.4. The third-order valence-corrected chi connectivity index (χ3v) is 4.73. The summed E-state index contributed by atoms with van der Waals surface area (Å²) in [5.74, 6) is 0.109. The zero-order valence-corrected chi connectivity index (χ0v) is 18.0. The van der Waals surface area contributed by atoms with Crippen LogP contribution in [0.2, 0.25) is 0 Å². The van der Waals surface area contributed by atoms with Crippen LogP contribution in [0.5, 0.6) is 11.5 Å². The Kier molecular flexibility index (Phi) is 6.20. The average molecular weight is 412 g/mol. The molecule has 30 heavy (non-hydrogen) atoms. The van der Waals surface area contributed by atoms with Crippen molar-refractivity contribution in [2.24, 2.45) is 0 Å². The Bertz CT molecular complexity index is 922. The summed E-state index contributed by atoms with van der Waals surface area (Å²) >= 11 is 0. The molecule has 0 aliphatic carbocycles. The molecule has 1 amide bonds. The zero-order chi connectivity index (χ0) is 21.9. The molecule has 0 bridgehead atoms. The number of benzene rings is 2. The Morgan fingerprint density at radius 2 is 1.87 bits per heavy atom.